The molecular weight excluding hydrogens is 364 g/mol. The van der Waals surface area contributed by atoms with E-state index in [9.17, 15) is 4.21 Å². The van der Waals surface area contributed by atoms with Gasteiger partial charge in [-0.05, 0) is 38.3 Å². The van der Waals surface area contributed by atoms with Crippen LogP contribution >= 0.6 is 0 Å². The van der Waals surface area contributed by atoms with Crippen molar-refractivity contribution in [2.75, 3.05) is 12.3 Å². The largest absolute Gasteiger partial charge is 0.461 e. The highest BCUT2D eigenvalue weighted by atomic mass is 32.2. The van der Waals surface area contributed by atoms with Gasteiger partial charge in [-0.1, -0.05) is 13.3 Å². The van der Waals surface area contributed by atoms with Crippen LogP contribution in [0.15, 0.2) is 27.8 Å². The van der Waals surface area contributed by atoms with Crippen molar-refractivity contribution in [1.29, 1.82) is 0 Å². The highest BCUT2D eigenvalue weighted by Crippen LogP contribution is 2.23. The molecule has 1 fully saturated rings. The molecule has 0 aliphatic heterocycles. The zero-order valence-electron chi connectivity index (χ0n) is 15.9. The van der Waals surface area contributed by atoms with Crippen molar-refractivity contribution < 1.29 is 8.63 Å². The second-order valence-corrected chi connectivity index (χ2v) is 8.58. The Balaban J connectivity index is 1.60. The van der Waals surface area contributed by atoms with Gasteiger partial charge < -0.3 is 15.1 Å². The number of rotatable bonds is 7. The quantitative estimate of drug-likeness (QED) is 0.492. The van der Waals surface area contributed by atoms with Crippen LogP contribution in [0.4, 0.5) is 0 Å². The van der Waals surface area contributed by atoms with Gasteiger partial charge in [-0.3, -0.25) is 9.31 Å². The molecule has 1 aliphatic carbocycles. The highest BCUT2D eigenvalue weighted by Gasteiger charge is 2.26. The minimum atomic E-state index is -0.731. The maximum atomic E-state index is 12.1. The van der Waals surface area contributed by atoms with E-state index >= 15 is 0 Å². The first kappa shape index (κ1) is 19.6. The lowest BCUT2D eigenvalue weighted by Crippen LogP contribution is -2.46. The predicted octanol–water partition coefficient (Wildman–Crippen LogP) is 2.20. The normalized spacial score (nSPS) is 21.8. The summed E-state index contributed by atoms with van der Waals surface area (Å²) in [5, 5.41) is 14.1. The monoisotopic (exact) mass is 392 g/mol. The summed E-state index contributed by atoms with van der Waals surface area (Å²) < 4.78 is 17.5. The van der Waals surface area contributed by atoms with Gasteiger partial charge in [-0.2, -0.15) is 0 Å². The summed E-state index contributed by atoms with van der Waals surface area (Å²) in [5.41, 5.74) is 0. The summed E-state index contributed by atoms with van der Waals surface area (Å²) in [6, 6.07) is 3.92. The Morgan fingerprint density at radius 1 is 1.44 bits per heavy atom. The Bertz CT molecular complexity index is 758. The van der Waals surface area contributed by atoms with Gasteiger partial charge in [-0.25, -0.2) is 9.98 Å². The first-order chi connectivity index (χ1) is 13.2. The molecule has 2 heterocycles. The third-order valence-electron chi connectivity index (χ3n) is 4.63. The maximum Gasteiger partial charge on any atom is 0.216 e. The van der Waals surface area contributed by atoms with Crippen molar-refractivity contribution in [3.05, 3.63) is 24.2 Å². The number of aromatic amines is 1. The SMILES string of the molecule is CCNC(=NCc1nc(-c2ccco2)n[nH]1)NC1CCCC(S(=O)CC)C1. The molecule has 2 aromatic rings. The van der Waals surface area contributed by atoms with E-state index in [2.05, 4.69) is 30.8 Å². The molecule has 1 aliphatic rings. The molecule has 0 aromatic carbocycles. The van der Waals surface area contributed by atoms with Crippen molar-refractivity contribution in [2.24, 2.45) is 4.99 Å². The molecule has 1 saturated carbocycles. The summed E-state index contributed by atoms with van der Waals surface area (Å²) in [6.07, 6.45) is 5.75. The molecule has 8 nitrogen and oxygen atoms in total. The summed E-state index contributed by atoms with van der Waals surface area (Å²) in [6.45, 7) is 5.19. The number of aliphatic imine (C=N–C) groups is 1. The van der Waals surface area contributed by atoms with Gasteiger partial charge in [0.25, 0.3) is 0 Å². The van der Waals surface area contributed by atoms with Crippen LogP contribution in [0.5, 0.6) is 0 Å². The van der Waals surface area contributed by atoms with Crippen LogP contribution in [0.2, 0.25) is 0 Å². The van der Waals surface area contributed by atoms with Gasteiger partial charge >= 0.3 is 0 Å². The molecule has 27 heavy (non-hydrogen) atoms. The summed E-state index contributed by atoms with van der Waals surface area (Å²) in [5.74, 6) is 3.31. The zero-order chi connectivity index (χ0) is 19.1. The average Bonchev–Trinajstić information content (AvgIpc) is 3.37. The average molecular weight is 393 g/mol. The second kappa shape index (κ2) is 9.68. The summed E-state index contributed by atoms with van der Waals surface area (Å²) in [7, 11) is -0.731. The molecule has 0 spiro atoms. The highest BCUT2D eigenvalue weighted by molar-refractivity contribution is 7.85. The number of aromatic nitrogens is 3. The number of nitrogens with zero attached hydrogens (tertiary/aromatic N) is 3. The van der Waals surface area contributed by atoms with Crippen LogP contribution in [0.3, 0.4) is 0 Å². The van der Waals surface area contributed by atoms with Gasteiger partial charge in [0.2, 0.25) is 5.82 Å². The van der Waals surface area contributed by atoms with Crippen LogP contribution in [-0.2, 0) is 17.3 Å². The molecule has 148 valence electrons. The van der Waals surface area contributed by atoms with E-state index in [4.69, 9.17) is 4.42 Å². The van der Waals surface area contributed by atoms with Crippen LogP contribution in [-0.4, -0.2) is 48.9 Å². The lowest BCUT2D eigenvalue weighted by molar-refractivity contribution is 0.413. The zero-order valence-corrected chi connectivity index (χ0v) is 16.7. The van der Waals surface area contributed by atoms with Crippen molar-refractivity contribution >= 4 is 16.8 Å². The molecule has 3 unspecified atom stereocenters. The minimum Gasteiger partial charge on any atom is -0.461 e. The molecule has 9 heteroatoms. The molecule has 0 bridgehead atoms. The van der Waals surface area contributed by atoms with E-state index in [-0.39, 0.29) is 5.25 Å². The third kappa shape index (κ3) is 5.41. The number of hydrogen-bond acceptors (Lipinski definition) is 5. The standard InChI is InChI=1S/C18H28N6O2S/c1-3-19-18(21-13-7-5-8-14(11-13)27(25)4-2)20-12-16-22-17(24-23-16)15-9-6-10-26-15/h6,9-10,13-14H,3-5,7-8,11-12H2,1-2H3,(H2,19,20,21)(H,22,23,24). The molecule has 0 radical (unpaired) electrons. The predicted molar refractivity (Wildman–Crippen MR) is 107 cm³/mol. The Hall–Kier alpha value is -2.16. The summed E-state index contributed by atoms with van der Waals surface area (Å²) in [4.78, 5) is 9.03. The number of hydrogen-bond donors (Lipinski definition) is 3. The number of guanidine groups is 1. The van der Waals surface area contributed by atoms with E-state index in [1.807, 2.05) is 19.9 Å². The molecule has 2 aromatic heterocycles. The smallest absolute Gasteiger partial charge is 0.216 e. The van der Waals surface area contributed by atoms with Crippen LogP contribution in [0.25, 0.3) is 11.6 Å². The molecular formula is C18H28N6O2S. The Morgan fingerprint density at radius 3 is 3.07 bits per heavy atom. The van der Waals surface area contributed by atoms with Gasteiger partial charge in [0, 0.05) is 34.4 Å². The Labute approximate surface area is 162 Å². The van der Waals surface area contributed by atoms with Gasteiger partial charge in [0.05, 0.1) is 6.26 Å². The summed E-state index contributed by atoms with van der Waals surface area (Å²) >= 11 is 0. The number of nitrogens with one attached hydrogen (secondary N) is 3. The first-order valence-corrected chi connectivity index (χ1v) is 10.9. The minimum absolute atomic E-state index is 0.286. The van der Waals surface area contributed by atoms with Crippen LogP contribution < -0.4 is 10.6 Å². The topological polar surface area (TPSA) is 108 Å². The second-order valence-electron chi connectivity index (χ2n) is 6.58. The van der Waals surface area contributed by atoms with Crippen molar-refractivity contribution in [2.45, 2.75) is 57.4 Å². The molecule has 3 atom stereocenters. The van der Waals surface area contributed by atoms with Gasteiger partial charge in [-0.15, -0.1) is 5.10 Å². The fourth-order valence-corrected chi connectivity index (χ4v) is 4.65. The van der Waals surface area contributed by atoms with E-state index in [1.165, 1.54) is 0 Å². The van der Waals surface area contributed by atoms with Crippen molar-refractivity contribution in [3.63, 3.8) is 0 Å². The van der Waals surface area contributed by atoms with E-state index in [0.717, 1.165) is 43.9 Å². The molecule has 0 amide bonds. The third-order valence-corrected chi connectivity index (χ3v) is 6.37. The Kier molecular flexibility index (Phi) is 7.03. The lowest BCUT2D eigenvalue weighted by atomic mass is 9.95. The van der Waals surface area contributed by atoms with Crippen LogP contribution in [0.1, 0.15) is 45.4 Å². The fourth-order valence-electron chi connectivity index (χ4n) is 3.30. The van der Waals surface area contributed by atoms with E-state index < -0.39 is 10.8 Å². The fraction of sp³-hybridized carbons (Fsp3) is 0.611. The van der Waals surface area contributed by atoms with Crippen LogP contribution in [0, 0.1) is 0 Å². The van der Waals surface area contributed by atoms with Crippen molar-refractivity contribution in [3.8, 4) is 11.6 Å². The van der Waals surface area contributed by atoms with E-state index in [1.54, 1.807) is 12.3 Å². The van der Waals surface area contributed by atoms with Crippen molar-refractivity contribution in [1.82, 2.24) is 25.8 Å². The van der Waals surface area contributed by atoms with Gasteiger partial charge in [0.15, 0.2) is 11.7 Å². The molecule has 3 N–H and O–H groups in total. The first-order valence-electron chi connectivity index (χ1n) is 9.56. The lowest BCUT2D eigenvalue weighted by Gasteiger charge is -2.30. The number of H-pyrrole nitrogens is 1. The molecule has 0 saturated heterocycles. The number of furan rings is 1. The molecule has 3 rings (SSSR count). The Morgan fingerprint density at radius 2 is 2.33 bits per heavy atom. The van der Waals surface area contributed by atoms with E-state index in [0.29, 0.717) is 30.0 Å². The maximum absolute atomic E-state index is 12.1. The van der Waals surface area contributed by atoms with Gasteiger partial charge in [0.1, 0.15) is 12.4 Å².